The van der Waals surface area contributed by atoms with Gasteiger partial charge in [-0.1, -0.05) is 152 Å². The van der Waals surface area contributed by atoms with Gasteiger partial charge in [0.25, 0.3) is 0 Å². The summed E-state index contributed by atoms with van der Waals surface area (Å²) >= 11 is 3.74. The molecule has 0 amide bonds. The molecule has 0 spiro atoms. The molecule has 4 heteroatoms. The molecule has 0 saturated heterocycles. The average molecular weight is 825 g/mol. The van der Waals surface area contributed by atoms with E-state index in [0.717, 1.165) is 17.1 Å². The zero-order chi connectivity index (χ0) is 40.7. The summed E-state index contributed by atoms with van der Waals surface area (Å²) in [5.74, 6) is 0. The molecule has 290 valence electrons. The molecule has 0 atom stereocenters. The molecule has 0 N–H and O–H groups in total. The number of hydrogen-bond acceptors (Lipinski definition) is 3. The Bertz CT molecular complexity index is 3850. The third-order valence-electron chi connectivity index (χ3n) is 12.6. The molecular formula is C58H36N2S2. The molecule has 0 unspecified atom stereocenters. The third-order valence-corrected chi connectivity index (χ3v) is 14.9. The Morgan fingerprint density at radius 3 is 1.79 bits per heavy atom. The van der Waals surface area contributed by atoms with Crippen molar-refractivity contribution < 1.29 is 0 Å². The van der Waals surface area contributed by atoms with Crippen molar-refractivity contribution in [2.45, 2.75) is 0 Å². The standard InChI is InChI=1S/C58H36N2S2/c1-2-13-41(14-3-1)60-52-36-40(29-34-46(52)48-35-28-38-12-4-5-15-44(38)57(48)60)37-24-30-42(31-25-37)59(51-20-11-23-55-56(51)50-17-7-9-22-54(50)61-55)43-32-26-39(27-33-43)45-18-10-19-49-47-16-6-8-21-53(47)62-58(45)49/h1-36H. The normalized spacial score (nSPS) is 11.9. The van der Waals surface area contributed by atoms with Crippen LogP contribution in [-0.4, -0.2) is 4.57 Å². The fraction of sp³-hybridized carbons (Fsp3) is 0. The monoisotopic (exact) mass is 824 g/mol. The van der Waals surface area contributed by atoms with Crippen LogP contribution in [0.25, 0.3) is 101 Å². The van der Waals surface area contributed by atoms with E-state index in [2.05, 4.69) is 228 Å². The van der Waals surface area contributed by atoms with Crippen molar-refractivity contribution in [3.63, 3.8) is 0 Å². The molecule has 0 saturated carbocycles. The second-order valence-corrected chi connectivity index (χ2v) is 18.2. The van der Waals surface area contributed by atoms with Crippen LogP contribution in [-0.2, 0) is 0 Å². The van der Waals surface area contributed by atoms with Gasteiger partial charge in [-0.05, 0) is 94.4 Å². The summed E-state index contributed by atoms with van der Waals surface area (Å²) in [6, 6.07) is 80.4. The molecule has 0 bridgehead atoms. The van der Waals surface area contributed by atoms with Crippen molar-refractivity contribution in [3.8, 4) is 27.9 Å². The van der Waals surface area contributed by atoms with E-state index < -0.39 is 0 Å². The number of anilines is 3. The Kier molecular flexibility index (Phi) is 7.99. The van der Waals surface area contributed by atoms with Crippen LogP contribution in [0.15, 0.2) is 218 Å². The molecule has 62 heavy (non-hydrogen) atoms. The predicted molar refractivity (Wildman–Crippen MR) is 270 cm³/mol. The van der Waals surface area contributed by atoms with Gasteiger partial charge in [0.2, 0.25) is 0 Å². The van der Waals surface area contributed by atoms with Crippen molar-refractivity contribution in [1.29, 1.82) is 0 Å². The quantitative estimate of drug-likeness (QED) is 0.162. The fourth-order valence-corrected chi connectivity index (χ4v) is 12.1. The minimum atomic E-state index is 1.11. The fourth-order valence-electron chi connectivity index (χ4n) is 9.74. The van der Waals surface area contributed by atoms with E-state index in [4.69, 9.17) is 0 Å². The number of nitrogens with zero attached hydrogens (tertiary/aromatic N) is 2. The predicted octanol–water partition coefficient (Wildman–Crippen LogP) is 17.5. The number of fused-ring (bicyclic) bond motifs is 11. The van der Waals surface area contributed by atoms with Crippen LogP contribution < -0.4 is 4.90 Å². The molecule has 13 rings (SSSR count). The minimum absolute atomic E-state index is 1.11. The van der Waals surface area contributed by atoms with E-state index in [0.29, 0.717) is 0 Å². The lowest BCUT2D eigenvalue weighted by atomic mass is 10.0. The van der Waals surface area contributed by atoms with E-state index in [9.17, 15) is 0 Å². The molecule has 0 radical (unpaired) electrons. The van der Waals surface area contributed by atoms with Gasteiger partial charge in [-0.3, -0.25) is 0 Å². The van der Waals surface area contributed by atoms with Crippen LogP contribution in [0.3, 0.4) is 0 Å². The highest BCUT2D eigenvalue weighted by Crippen LogP contribution is 2.47. The highest BCUT2D eigenvalue weighted by molar-refractivity contribution is 7.26. The molecule has 0 aliphatic heterocycles. The Labute approximate surface area is 366 Å². The van der Waals surface area contributed by atoms with E-state index >= 15 is 0 Å². The topological polar surface area (TPSA) is 8.17 Å². The van der Waals surface area contributed by atoms with Gasteiger partial charge in [-0.25, -0.2) is 0 Å². The van der Waals surface area contributed by atoms with Gasteiger partial charge in [0, 0.05) is 73.6 Å². The van der Waals surface area contributed by atoms with Gasteiger partial charge in [-0.15, -0.1) is 22.7 Å². The Morgan fingerprint density at radius 1 is 0.371 bits per heavy atom. The summed E-state index contributed by atoms with van der Waals surface area (Å²) in [7, 11) is 0. The highest BCUT2D eigenvalue weighted by atomic mass is 32.1. The van der Waals surface area contributed by atoms with Crippen LogP contribution in [0.1, 0.15) is 0 Å². The lowest BCUT2D eigenvalue weighted by Crippen LogP contribution is -2.10. The maximum atomic E-state index is 2.45. The summed E-state index contributed by atoms with van der Waals surface area (Å²) < 4.78 is 7.69. The van der Waals surface area contributed by atoms with E-state index in [-0.39, 0.29) is 0 Å². The first-order valence-corrected chi connectivity index (χ1v) is 22.7. The summed E-state index contributed by atoms with van der Waals surface area (Å²) in [6.45, 7) is 0. The van der Waals surface area contributed by atoms with Crippen molar-refractivity contribution in [2.24, 2.45) is 0 Å². The maximum absolute atomic E-state index is 2.45. The van der Waals surface area contributed by atoms with Crippen molar-refractivity contribution >= 4 is 113 Å². The van der Waals surface area contributed by atoms with Crippen LogP contribution >= 0.6 is 22.7 Å². The van der Waals surface area contributed by atoms with Gasteiger partial charge >= 0.3 is 0 Å². The van der Waals surface area contributed by atoms with E-state index in [1.165, 1.54) is 101 Å². The molecule has 10 aromatic carbocycles. The van der Waals surface area contributed by atoms with E-state index in [1.807, 2.05) is 22.7 Å². The zero-order valence-electron chi connectivity index (χ0n) is 33.5. The highest BCUT2D eigenvalue weighted by Gasteiger charge is 2.20. The second kappa shape index (κ2) is 14.0. The maximum Gasteiger partial charge on any atom is 0.0619 e. The van der Waals surface area contributed by atoms with Crippen molar-refractivity contribution in [2.75, 3.05) is 4.90 Å². The second-order valence-electron chi connectivity index (χ2n) is 16.0. The smallest absolute Gasteiger partial charge is 0.0619 e. The van der Waals surface area contributed by atoms with Gasteiger partial charge in [0.15, 0.2) is 0 Å². The Morgan fingerprint density at radius 2 is 0.984 bits per heavy atom. The summed E-state index contributed by atoms with van der Waals surface area (Å²) in [5.41, 5.74) is 11.9. The van der Waals surface area contributed by atoms with Gasteiger partial charge in [0.1, 0.15) is 0 Å². The first-order valence-electron chi connectivity index (χ1n) is 21.1. The Hall–Kier alpha value is -7.50. The largest absolute Gasteiger partial charge is 0.310 e. The average Bonchev–Trinajstić information content (AvgIpc) is 4.02. The molecule has 13 aromatic rings. The number of thiophene rings is 2. The first-order chi connectivity index (χ1) is 30.7. The number of aromatic nitrogens is 1. The van der Waals surface area contributed by atoms with Crippen LogP contribution in [0.2, 0.25) is 0 Å². The minimum Gasteiger partial charge on any atom is -0.310 e. The summed E-state index contributed by atoms with van der Waals surface area (Å²) in [6.07, 6.45) is 0. The molecule has 0 fully saturated rings. The third kappa shape index (κ3) is 5.47. The van der Waals surface area contributed by atoms with Gasteiger partial charge in [-0.2, -0.15) is 0 Å². The SMILES string of the molecule is c1ccc(-n2c3cc(-c4ccc(N(c5ccc(-c6cccc7c6sc6ccccc67)cc5)c5cccc6sc7ccccc7c56)cc4)ccc3c3ccc4ccccc4c32)cc1. The van der Waals surface area contributed by atoms with Crippen molar-refractivity contribution in [3.05, 3.63) is 218 Å². The van der Waals surface area contributed by atoms with Crippen LogP contribution in [0.5, 0.6) is 0 Å². The Balaban J connectivity index is 0.954. The molecule has 3 aromatic heterocycles. The molecule has 0 aliphatic rings. The van der Waals surface area contributed by atoms with E-state index in [1.54, 1.807) is 0 Å². The first kappa shape index (κ1) is 35.3. The summed E-state index contributed by atoms with van der Waals surface area (Å²) in [5, 5.41) is 10.2. The number of rotatable bonds is 6. The number of para-hydroxylation sites is 1. The lowest BCUT2D eigenvalue weighted by Gasteiger charge is -2.27. The molecule has 0 aliphatic carbocycles. The van der Waals surface area contributed by atoms with Crippen molar-refractivity contribution in [1.82, 2.24) is 4.57 Å². The zero-order valence-corrected chi connectivity index (χ0v) is 35.1. The number of hydrogen-bond donors (Lipinski definition) is 0. The van der Waals surface area contributed by atoms with Crippen LogP contribution in [0, 0.1) is 0 Å². The van der Waals surface area contributed by atoms with Crippen LogP contribution in [0.4, 0.5) is 17.1 Å². The molecule has 3 heterocycles. The lowest BCUT2D eigenvalue weighted by molar-refractivity contribution is 1.19. The van der Waals surface area contributed by atoms with Gasteiger partial charge < -0.3 is 9.47 Å². The van der Waals surface area contributed by atoms with Gasteiger partial charge in [0.05, 0.1) is 16.7 Å². The molecule has 2 nitrogen and oxygen atoms in total. The number of benzene rings is 10. The molecular weight excluding hydrogens is 789 g/mol. The summed E-state index contributed by atoms with van der Waals surface area (Å²) in [4.78, 5) is 2.44.